The van der Waals surface area contributed by atoms with E-state index in [0.29, 0.717) is 5.92 Å². The van der Waals surface area contributed by atoms with Crippen LogP contribution in [0.5, 0.6) is 0 Å². The number of carbonyl (C=O) groups is 1. The number of hydrogen-bond acceptors (Lipinski definition) is 2. The van der Waals surface area contributed by atoms with Crippen LogP contribution in [0.3, 0.4) is 0 Å². The van der Waals surface area contributed by atoms with Gasteiger partial charge < -0.3 is 5.32 Å². The monoisotopic (exact) mass is 417 g/mol. The van der Waals surface area contributed by atoms with Crippen LogP contribution in [0.25, 0.3) is 17.2 Å². The second kappa shape index (κ2) is 6.74. The molecule has 2 nitrogen and oxygen atoms in total. The molecule has 3 aliphatic rings. The molecule has 0 atom stereocenters. The van der Waals surface area contributed by atoms with E-state index < -0.39 is 0 Å². The molecular weight excluding hydrogens is 398 g/mol. The van der Waals surface area contributed by atoms with Crippen LogP contribution in [0.4, 0.5) is 0 Å². The van der Waals surface area contributed by atoms with Crippen molar-refractivity contribution in [3.8, 4) is 0 Å². The van der Waals surface area contributed by atoms with Gasteiger partial charge in [0, 0.05) is 15.6 Å². The van der Waals surface area contributed by atoms with Gasteiger partial charge in [0.15, 0.2) is 5.78 Å². The molecule has 0 bridgehead atoms. The first-order valence-electron chi connectivity index (χ1n) is 9.51. The lowest BCUT2D eigenvalue weighted by molar-refractivity contribution is -0.112. The fourth-order valence-electron chi connectivity index (χ4n) is 4.46. The van der Waals surface area contributed by atoms with Crippen LogP contribution in [-0.2, 0) is 4.79 Å². The molecule has 2 aromatic carbocycles. The van der Waals surface area contributed by atoms with Crippen molar-refractivity contribution in [3.63, 3.8) is 0 Å². The normalized spacial score (nSPS) is 19.5. The largest absolute Gasteiger partial charge is 0.317 e. The fraction of sp³-hybridized carbons (Fsp3) is 0.208. The van der Waals surface area contributed by atoms with Crippen LogP contribution in [0.15, 0.2) is 70.2 Å². The summed E-state index contributed by atoms with van der Waals surface area (Å²) in [5.74, 6) is 0.535. The maximum atomic E-state index is 13.6. The molecule has 2 aromatic rings. The minimum absolute atomic E-state index is 0.216. The van der Waals surface area contributed by atoms with Crippen LogP contribution in [0.2, 0.25) is 0 Å². The summed E-state index contributed by atoms with van der Waals surface area (Å²) >= 11 is 3.52. The molecule has 134 valence electrons. The molecule has 1 aliphatic heterocycles. The van der Waals surface area contributed by atoms with E-state index in [2.05, 4.69) is 69.8 Å². The predicted molar refractivity (Wildman–Crippen MR) is 114 cm³/mol. The van der Waals surface area contributed by atoms with Crippen molar-refractivity contribution in [3.05, 3.63) is 86.9 Å². The number of halogens is 1. The lowest BCUT2D eigenvalue weighted by atomic mass is 9.76. The number of carbonyl (C=O) groups excluding carboxylic acids is 1. The summed E-state index contributed by atoms with van der Waals surface area (Å²) in [4.78, 5) is 13.6. The maximum Gasteiger partial charge on any atom is 0.190 e. The van der Waals surface area contributed by atoms with E-state index in [0.717, 1.165) is 63.8 Å². The Morgan fingerprint density at radius 3 is 2.41 bits per heavy atom. The second-order valence-corrected chi connectivity index (χ2v) is 8.31. The highest BCUT2D eigenvalue weighted by atomic mass is 79.9. The van der Waals surface area contributed by atoms with E-state index in [1.807, 2.05) is 12.1 Å². The van der Waals surface area contributed by atoms with Gasteiger partial charge in [-0.05, 0) is 84.0 Å². The van der Waals surface area contributed by atoms with Crippen molar-refractivity contribution in [1.29, 1.82) is 0 Å². The van der Waals surface area contributed by atoms with Crippen molar-refractivity contribution >= 4 is 38.9 Å². The third-order valence-corrected chi connectivity index (χ3v) is 6.34. The Bertz CT molecular complexity index is 1020. The first-order valence-corrected chi connectivity index (χ1v) is 10.3. The third kappa shape index (κ3) is 2.86. The van der Waals surface area contributed by atoms with E-state index >= 15 is 0 Å². The highest BCUT2D eigenvalue weighted by Gasteiger charge is 2.35. The Balaban J connectivity index is 1.71. The molecule has 1 N–H and O–H groups in total. The van der Waals surface area contributed by atoms with Gasteiger partial charge in [-0.15, -0.1) is 0 Å². The Hall–Kier alpha value is -2.23. The number of Topliss-reactive ketones (excluding diaryl/α,β-unsaturated/α-hetero) is 1. The van der Waals surface area contributed by atoms with Gasteiger partial charge in [0.2, 0.25) is 0 Å². The van der Waals surface area contributed by atoms with Gasteiger partial charge in [-0.1, -0.05) is 52.3 Å². The van der Waals surface area contributed by atoms with Crippen molar-refractivity contribution in [1.82, 2.24) is 5.32 Å². The summed E-state index contributed by atoms with van der Waals surface area (Å²) < 4.78 is 1.05. The molecule has 2 aliphatic carbocycles. The van der Waals surface area contributed by atoms with Crippen molar-refractivity contribution in [2.75, 3.05) is 13.1 Å². The number of benzene rings is 2. The van der Waals surface area contributed by atoms with Gasteiger partial charge in [0.1, 0.15) is 0 Å². The molecule has 3 heteroatoms. The average Bonchev–Trinajstić information content (AvgIpc) is 3.08. The van der Waals surface area contributed by atoms with Gasteiger partial charge >= 0.3 is 0 Å². The number of allylic oxidation sites excluding steroid dienone is 5. The minimum Gasteiger partial charge on any atom is -0.317 e. The molecule has 1 saturated heterocycles. The van der Waals surface area contributed by atoms with E-state index in [4.69, 9.17) is 0 Å². The van der Waals surface area contributed by atoms with Crippen LogP contribution in [-0.4, -0.2) is 18.9 Å². The average molecular weight is 418 g/mol. The maximum absolute atomic E-state index is 13.6. The first kappa shape index (κ1) is 16.9. The van der Waals surface area contributed by atoms with Gasteiger partial charge in [0.05, 0.1) is 0 Å². The van der Waals surface area contributed by atoms with Crippen molar-refractivity contribution in [2.45, 2.75) is 12.8 Å². The molecule has 0 spiro atoms. The fourth-order valence-corrected chi connectivity index (χ4v) is 4.73. The van der Waals surface area contributed by atoms with Crippen molar-refractivity contribution in [2.24, 2.45) is 5.92 Å². The Kier molecular flexibility index (Phi) is 4.22. The Morgan fingerprint density at radius 2 is 1.63 bits per heavy atom. The zero-order chi connectivity index (χ0) is 18.4. The van der Waals surface area contributed by atoms with Crippen LogP contribution in [0, 0.1) is 5.92 Å². The quantitative estimate of drug-likeness (QED) is 0.721. The number of rotatable bonds is 2. The number of fused-ring (bicyclic) bond motifs is 3. The zero-order valence-corrected chi connectivity index (χ0v) is 16.6. The molecule has 0 amide bonds. The van der Waals surface area contributed by atoms with Crippen LogP contribution < -0.4 is 5.32 Å². The van der Waals surface area contributed by atoms with Crippen molar-refractivity contribution < 1.29 is 4.79 Å². The van der Waals surface area contributed by atoms with E-state index in [1.54, 1.807) is 0 Å². The van der Waals surface area contributed by atoms with Gasteiger partial charge in [-0.3, -0.25) is 4.79 Å². The Morgan fingerprint density at radius 1 is 0.889 bits per heavy atom. The highest BCUT2D eigenvalue weighted by Crippen LogP contribution is 2.46. The lowest BCUT2D eigenvalue weighted by Crippen LogP contribution is -2.31. The van der Waals surface area contributed by atoms with Gasteiger partial charge in [-0.25, -0.2) is 0 Å². The SMILES string of the molecule is O=C1C2=Cc3ccccc3C2=CC(c2ccc(Br)cc2)=C1C1CCNCC1. The van der Waals surface area contributed by atoms with E-state index in [9.17, 15) is 4.79 Å². The predicted octanol–water partition coefficient (Wildman–Crippen LogP) is 5.27. The number of piperidine rings is 1. The smallest absolute Gasteiger partial charge is 0.190 e. The van der Waals surface area contributed by atoms with Gasteiger partial charge in [0.25, 0.3) is 0 Å². The van der Waals surface area contributed by atoms with E-state index in [1.165, 1.54) is 5.56 Å². The summed E-state index contributed by atoms with van der Waals surface area (Å²) in [5, 5.41) is 3.42. The minimum atomic E-state index is 0.216. The molecule has 0 saturated carbocycles. The molecule has 1 heterocycles. The summed E-state index contributed by atoms with van der Waals surface area (Å²) in [6.45, 7) is 1.95. The summed E-state index contributed by atoms with van der Waals surface area (Å²) in [6.07, 6.45) is 6.36. The summed E-state index contributed by atoms with van der Waals surface area (Å²) in [6, 6.07) is 16.6. The molecule has 0 radical (unpaired) electrons. The Labute approximate surface area is 167 Å². The molecule has 0 aromatic heterocycles. The molecule has 27 heavy (non-hydrogen) atoms. The molecular formula is C24H20BrNO. The molecule has 0 unspecified atom stereocenters. The molecule has 1 fully saturated rings. The first-order chi connectivity index (χ1) is 13.2. The summed E-state index contributed by atoms with van der Waals surface area (Å²) in [5.41, 5.74) is 7.48. The van der Waals surface area contributed by atoms with Crippen LogP contribution >= 0.6 is 15.9 Å². The topological polar surface area (TPSA) is 29.1 Å². The summed E-state index contributed by atoms with van der Waals surface area (Å²) in [7, 11) is 0. The zero-order valence-electron chi connectivity index (χ0n) is 15.0. The van der Waals surface area contributed by atoms with E-state index in [-0.39, 0.29) is 5.78 Å². The second-order valence-electron chi connectivity index (χ2n) is 7.39. The standard InChI is InChI=1S/C24H20BrNO/c25-18-7-5-15(6-8-18)20-14-21-19-4-2-1-3-17(19)13-22(21)24(27)23(20)16-9-11-26-12-10-16/h1-8,13-14,16,26H,9-12H2. The van der Waals surface area contributed by atoms with Gasteiger partial charge in [-0.2, -0.15) is 0 Å². The number of hydrogen-bond donors (Lipinski definition) is 1. The highest BCUT2D eigenvalue weighted by molar-refractivity contribution is 9.10. The third-order valence-electron chi connectivity index (χ3n) is 5.81. The number of ketones is 1. The van der Waals surface area contributed by atoms with Crippen LogP contribution in [0.1, 0.15) is 29.5 Å². The number of nitrogens with one attached hydrogen (secondary N) is 1. The lowest BCUT2D eigenvalue weighted by Gasteiger charge is -2.29. The molecule has 5 rings (SSSR count).